The number of amides is 1. The van der Waals surface area contributed by atoms with E-state index in [-0.39, 0.29) is 13.2 Å². The molecule has 2 atom stereocenters. The smallest absolute Gasteiger partial charge is 0.272 e. The zero-order chi connectivity index (χ0) is 22.3. The van der Waals surface area contributed by atoms with Crippen molar-refractivity contribution in [2.24, 2.45) is 17.3 Å². The minimum atomic E-state index is -6.44. The molecule has 10 heteroatoms. The van der Waals surface area contributed by atoms with E-state index in [9.17, 15) is 35.5 Å². The van der Waals surface area contributed by atoms with E-state index in [4.69, 9.17) is 4.84 Å². The second-order valence-corrected chi connectivity index (χ2v) is 7.85. The number of hydrogen-bond acceptors (Lipinski definition) is 2. The van der Waals surface area contributed by atoms with Crippen molar-refractivity contribution in [1.82, 2.24) is 5.06 Å². The zero-order valence-electron chi connectivity index (χ0n) is 16.1. The molecule has 29 heavy (non-hydrogen) atoms. The fourth-order valence-corrected chi connectivity index (χ4v) is 3.68. The summed E-state index contributed by atoms with van der Waals surface area (Å²) in [4.78, 5) is 18.1. The number of hydroxylamine groups is 2. The molecule has 0 N–H and O–H groups in total. The van der Waals surface area contributed by atoms with Gasteiger partial charge in [0.1, 0.15) is 6.61 Å². The van der Waals surface area contributed by atoms with Crippen LogP contribution in [0.4, 0.5) is 30.7 Å². The summed E-state index contributed by atoms with van der Waals surface area (Å²) in [7, 11) is 0. The van der Waals surface area contributed by atoms with E-state index in [1.807, 2.05) is 0 Å². The predicted molar refractivity (Wildman–Crippen MR) is 89.9 cm³/mol. The highest BCUT2D eigenvalue weighted by molar-refractivity contribution is 5.84. The largest absolute Gasteiger partial charge is 0.459 e. The van der Waals surface area contributed by atoms with E-state index in [0.29, 0.717) is 5.56 Å². The van der Waals surface area contributed by atoms with Crippen molar-refractivity contribution in [2.45, 2.75) is 51.8 Å². The lowest BCUT2D eigenvalue weighted by atomic mass is 9.69. The Morgan fingerprint density at radius 2 is 1.66 bits per heavy atom. The molecule has 1 aromatic carbocycles. The number of nitrogens with zero attached hydrogens (tertiary/aromatic N) is 1. The number of halogens is 7. The van der Waals surface area contributed by atoms with Crippen LogP contribution in [-0.2, 0) is 16.2 Å². The summed E-state index contributed by atoms with van der Waals surface area (Å²) in [5.41, 5.74) is -1.48. The summed E-state index contributed by atoms with van der Waals surface area (Å²) in [6.07, 6.45) is -8.38. The Bertz CT molecular complexity index is 721. The van der Waals surface area contributed by atoms with Crippen LogP contribution in [0.5, 0.6) is 0 Å². The van der Waals surface area contributed by atoms with Gasteiger partial charge in [-0.05, 0) is 17.4 Å². The van der Waals surface area contributed by atoms with E-state index in [1.165, 1.54) is 0 Å². The van der Waals surface area contributed by atoms with Gasteiger partial charge in [0, 0.05) is 6.42 Å². The number of rotatable bonds is 7. The fourth-order valence-electron chi connectivity index (χ4n) is 3.68. The summed E-state index contributed by atoms with van der Waals surface area (Å²) in [5, 5.41) is 0.791. The van der Waals surface area contributed by atoms with Crippen molar-refractivity contribution >= 4 is 5.91 Å². The van der Waals surface area contributed by atoms with E-state index in [2.05, 4.69) is 0 Å². The van der Waals surface area contributed by atoms with E-state index >= 15 is 0 Å². The van der Waals surface area contributed by atoms with Gasteiger partial charge < -0.3 is 0 Å². The summed E-state index contributed by atoms with van der Waals surface area (Å²) in [5.74, 6) is -14.1. The summed E-state index contributed by atoms with van der Waals surface area (Å²) in [6.45, 7) is 3.89. The van der Waals surface area contributed by atoms with Gasteiger partial charge in [0.2, 0.25) is 0 Å². The molecule has 0 spiro atoms. The fraction of sp³-hybridized carbons (Fsp3) is 0.632. The number of carbonyl (C=O) groups is 1. The van der Waals surface area contributed by atoms with Gasteiger partial charge in [-0.2, -0.15) is 30.7 Å². The number of hydrogen-bond donors (Lipinski definition) is 0. The van der Waals surface area contributed by atoms with Crippen LogP contribution in [0.1, 0.15) is 32.8 Å². The monoisotopic (exact) mass is 429 g/mol. The van der Waals surface area contributed by atoms with Crippen molar-refractivity contribution in [2.75, 3.05) is 6.54 Å². The van der Waals surface area contributed by atoms with Gasteiger partial charge >= 0.3 is 18.0 Å². The van der Waals surface area contributed by atoms with Crippen molar-refractivity contribution in [3.05, 3.63) is 35.9 Å². The third-order valence-corrected chi connectivity index (χ3v) is 5.34. The molecular weight excluding hydrogens is 407 g/mol. The van der Waals surface area contributed by atoms with Crippen molar-refractivity contribution in [3.63, 3.8) is 0 Å². The Morgan fingerprint density at radius 1 is 1.10 bits per heavy atom. The van der Waals surface area contributed by atoms with Gasteiger partial charge in [0.05, 0.1) is 12.0 Å². The van der Waals surface area contributed by atoms with Crippen LogP contribution in [0.3, 0.4) is 0 Å². The average molecular weight is 429 g/mol. The highest BCUT2D eigenvalue weighted by atomic mass is 19.4. The maximum absolute atomic E-state index is 14.1. The Balaban J connectivity index is 2.27. The minimum Gasteiger partial charge on any atom is -0.272 e. The summed E-state index contributed by atoms with van der Waals surface area (Å²) >= 11 is 0. The van der Waals surface area contributed by atoms with Crippen LogP contribution in [-0.4, -0.2) is 35.5 Å². The molecule has 0 radical (unpaired) electrons. The van der Waals surface area contributed by atoms with Gasteiger partial charge in [0.15, 0.2) is 0 Å². The van der Waals surface area contributed by atoms with Crippen molar-refractivity contribution in [1.29, 1.82) is 0 Å². The van der Waals surface area contributed by atoms with Gasteiger partial charge in [-0.25, -0.2) is 5.06 Å². The third kappa shape index (κ3) is 4.36. The number of benzene rings is 1. The SMILES string of the molecule is CC(C)[C@H]1CN(OCc2ccccc2)C(=O)[C@@]1(C)CC(F)(F)C(F)(F)C(F)(F)F. The van der Waals surface area contributed by atoms with E-state index < -0.39 is 47.6 Å². The summed E-state index contributed by atoms with van der Waals surface area (Å²) < 4.78 is 92.6. The lowest BCUT2D eigenvalue weighted by molar-refractivity contribution is -0.359. The van der Waals surface area contributed by atoms with Gasteiger partial charge in [-0.3, -0.25) is 9.63 Å². The highest BCUT2D eigenvalue weighted by Gasteiger charge is 2.75. The Kier molecular flexibility index (Phi) is 6.28. The summed E-state index contributed by atoms with van der Waals surface area (Å²) in [6, 6.07) is 8.56. The molecule has 1 heterocycles. The standard InChI is InChI=1S/C19H22F7NO2/c1-12(2)14-9-27(29-10-13-7-5-4-6-8-13)15(28)16(14,3)11-17(20,21)18(22,23)19(24,25)26/h4-8,12,14H,9-11H2,1-3H3/t14-,16+/m1/s1. The number of alkyl halides is 7. The Morgan fingerprint density at radius 3 is 2.14 bits per heavy atom. The second kappa shape index (κ2) is 7.77. The lowest BCUT2D eigenvalue weighted by Crippen LogP contribution is -2.55. The van der Waals surface area contributed by atoms with Crippen LogP contribution in [0.25, 0.3) is 0 Å². The molecule has 1 fully saturated rings. The first-order valence-electron chi connectivity index (χ1n) is 8.94. The molecule has 0 saturated carbocycles. The first-order chi connectivity index (χ1) is 13.1. The molecule has 1 aromatic rings. The van der Waals surface area contributed by atoms with E-state index in [1.54, 1.807) is 44.2 Å². The van der Waals surface area contributed by atoms with Crippen molar-refractivity contribution in [3.8, 4) is 0 Å². The van der Waals surface area contributed by atoms with Gasteiger partial charge in [0.25, 0.3) is 5.91 Å². The van der Waals surface area contributed by atoms with Crippen LogP contribution < -0.4 is 0 Å². The lowest BCUT2D eigenvalue weighted by Gasteiger charge is -2.37. The molecule has 0 bridgehead atoms. The molecule has 0 unspecified atom stereocenters. The quantitative estimate of drug-likeness (QED) is 0.539. The molecule has 1 amide bonds. The molecule has 3 nitrogen and oxygen atoms in total. The van der Waals surface area contributed by atoms with Crippen LogP contribution in [0, 0.1) is 17.3 Å². The molecule has 1 aliphatic rings. The average Bonchev–Trinajstić information content (AvgIpc) is 2.83. The molecule has 0 aromatic heterocycles. The normalized spacial score (nSPS) is 23.9. The Hall–Kier alpha value is -1.84. The topological polar surface area (TPSA) is 29.5 Å². The molecule has 2 rings (SSSR count). The highest BCUT2D eigenvalue weighted by Crippen LogP contribution is 2.55. The van der Waals surface area contributed by atoms with Gasteiger partial charge in [-0.1, -0.05) is 51.1 Å². The minimum absolute atomic E-state index is 0.0808. The molecule has 164 valence electrons. The maximum Gasteiger partial charge on any atom is 0.459 e. The molecular formula is C19H22F7NO2. The first-order valence-corrected chi connectivity index (χ1v) is 8.94. The number of carbonyl (C=O) groups excluding carboxylic acids is 1. The second-order valence-electron chi connectivity index (χ2n) is 7.85. The maximum atomic E-state index is 14.1. The van der Waals surface area contributed by atoms with E-state index in [0.717, 1.165) is 12.0 Å². The first kappa shape index (κ1) is 23.4. The van der Waals surface area contributed by atoms with Crippen LogP contribution in [0.15, 0.2) is 30.3 Å². The molecule has 1 aliphatic heterocycles. The van der Waals surface area contributed by atoms with Crippen molar-refractivity contribution < 1.29 is 40.4 Å². The zero-order valence-corrected chi connectivity index (χ0v) is 16.1. The van der Waals surface area contributed by atoms with Gasteiger partial charge in [-0.15, -0.1) is 0 Å². The molecule has 1 saturated heterocycles. The van der Waals surface area contributed by atoms with Crippen LogP contribution >= 0.6 is 0 Å². The third-order valence-electron chi connectivity index (χ3n) is 5.34. The van der Waals surface area contributed by atoms with Crippen LogP contribution in [0.2, 0.25) is 0 Å². The predicted octanol–water partition coefficient (Wildman–Crippen LogP) is 5.46. The molecule has 0 aliphatic carbocycles. The Labute approximate surface area is 163 Å².